The minimum absolute atomic E-state index is 0.0131. The van der Waals surface area contributed by atoms with E-state index in [4.69, 9.17) is 4.42 Å². The Bertz CT molecular complexity index is 629. The predicted molar refractivity (Wildman–Crippen MR) is 82.6 cm³/mol. The fourth-order valence-corrected chi connectivity index (χ4v) is 5.27. The lowest BCUT2D eigenvalue weighted by Crippen LogP contribution is -2.55. The van der Waals surface area contributed by atoms with Crippen molar-refractivity contribution < 1.29 is 14.0 Å². The van der Waals surface area contributed by atoms with Crippen molar-refractivity contribution in [2.75, 3.05) is 6.54 Å². The molecule has 0 radical (unpaired) electrons. The molecule has 124 valence electrons. The van der Waals surface area contributed by atoms with E-state index in [0.29, 0.717) is 12.3 Å². The number of aromatic nitrogens is 1. The quantitative estimate of drug-likeness (QED) is 0.795. The first kappa shape index (κ1) is 14.7. The van der Waals surface area contributed by atoms with Gasteiger partial charge in [0.25, 0.3) is 5.91 Å². The lowest BCUT2D eigenvalue weighted by atomic mass is 9.71. The number of hydrogen-bond acceptors (Lipinski definition) is 4. The zero-order valence-electron chi connectivity index (χ0n) is 13.7. The Morgan fingerprint density at radius 2 is 2.04 bits per heavy atom. The maximum atomic E-state index is 13.0. The first-order valence-corrected chi connectivity index (χ1v) is 8.51. The van der Waals surface area contributed by atoms with Gasteiger partial charge in [0.05, 0.1) is 12.2 Å². The van der Waals surface area contributed by atoms with Gasteiger partial charge >= 0.3 is 0 Å². The fourth-order valence-electron chi connectivity index (χ4n) is 5.27. The Labute approximate surface area is 135 Å². The minimum atomic E-state index is -0.0766. The van der Waals surface area contributed by atoms with Gasteiger partial charge in [-0.2, -0.15) is 0 Å². The van der Waals surface area contributed by atoms with Crippen LogP contribution in [0.4, 0.5) is 0 Å². The monoisotopic (exact) mass is 317 g/mol. The van der Waals surface area contributed by atoms with Crippen LogP contribution in [0.15, 0.2) is 17.0 Å². The number of hydrogen-bond donors (Lipinski definition) is 0. The summed E-state index contributed by atoms with van der Waals surface area (Å²) in [5.74, 6) is 0.351. The molecule has 3 heterocycles. The third-order valence-electron chi connectivity index (χ3n) is 6.20. The Morgan fingerprint density at radius 1 is 1.30 bits per heavy atom. The van der Waals surface area contributed by atoms with Gasteiger partial charge in [-0.15, -0.1) is 0 Å². The molecule has 0 unspecified atom stereocenters. The van der Waals surface area contributed by atoms with Gasteiger partial charge in [0, 0.05) is 31.0 Å². The number of amides is 2. The molecule has 3 fully saturated rings. The number of rotatable bonds is 1. The highest BCUT2D eigenvalue weighted by Crippen LogP contribution is 2.53. The molecule has 3 aliphatic rings. The molecule has 2 amide bonds. The molecule has 0 aromatic carbocycles. The van der Waals surface area contributed by atoms with Crippen LogP contribution >= 0.6 is 0 Å². The number of likely N-dealkylation sites (tertiary alicyclic amines) is 2. The molecule has 2 aliphatic heterocycles. The van der Waals surface area contributed by atoms with E-state index in [2.05, 4.69) is 11.9 Å². The summed E-state index contributed by atoms with van der Waals surface area (Å²) in [5, 5.41) is 0. The van der Waals surface area contributed by atoms with Crippen molar-refractivity contribution in [3.63, 3.8) is 0 Å². The van der Waals surface area contributed by atoms with Crippen molar-refractivity contribution in [3.05, 3.63) is 18.4 Å². The Morgan fingerprint density at radius 3 is 2.70 bits per heavy atom. The second-order valence-electron chi connectivity index (χ2n) is 7.43. The predicted octanol–water partition coefficient (Wildman–Crippen LogP) is 2.07. The molecule has 2 bridgehead atoms. The van der Waals surface area contributed by atoms with E-state index in [1.165, 1.54) is 12.6 Å². The smallest absolute Gasteiger partial charge is 0.291 e. The molecule has 6 nitrogen and oxygen atoms in total. The molecular weight excluding hydrogens is 294 g/mol. The van der Waals surface area contributed by atoms with Gasteiger partial charge in [0.1, 0.15) is 0 Å². The molecule has 4 atom stereocenters. The Hall–Kier alpha value is -1.85. The first-order valence-electron chi connectivity index (χ1n) is 8.51. The lowest BCUT2D eigenvalue weighted by Gasteiger charge is -2.46. The molecule has 6 heteroatoms. The van der Waals surface area contributed by atoms with E-state index < -0.39 is 0 Å². The summed E-state index contributed by atoms with van der Waals surface area (Å²) < 4.78 is 5.25. The molecule has 2 saturated heterocycles. The highest BCUT2D eigenvalue weighted by Gasteiger charge is 2.60. The van der Waals surface area contributed by atoms with Crippen LogP contribution in [0, 0.1) is 5.41 Å². The van der Waals surface area contributed by atoms with E-state index in [9.17, 15) is 9.59 Å². The van der Waals surface area contributed by atoms with E-state index >= 15 is 0 Å². The summed E-state index contributed by atoms with van der Waals surface area (Å²) in [5.41, 5.74) is -0.0131. The normalized spacial score (nSPS) is 36.0. The second-order valence-corrected chi connectivity index (χ2v) is 7.43. The topological polar surface area (TPSA) is 66.7 Å². The van der Waals surface area contributed by atoms with Gasteiger partial charge in [0.15, 0.2) is 6.39 Å². The van der Waals surface area contributed by atoms with Crippen molar-refractivity contribution in [1.29, 1.82) is 0 Å². The summed E-state index contributed by atoms with van der Waals surface area (Å²) >= 11 is 0. The number of oxazole rings is 1. The van der Waals surface area contributed by atoms with Crippen LogP contribution in [0.2, 0.25) is 0 Å². The van der Waals surface area contributed by atoms with Crippen molar-refractivity contribution in [2.24, 2.45) is 5.41 Å². The molecule has 1 aromatic heterocycles. The molecule has 1 aliphatic carbocycles. The van der Waals surface area contributed by atoms with Crippen LogP contribution in [-0.4, -0.2) is 51.3 Å². The van der Waals surface area contributed by atoms with Gasteiger partial charge < -0.3 is 14.2 Å². The van der Waals surface area contributed by atoms with Crippen LogP contribution in [0.1, 0.15) is 56.5 Å². The maximum Gasteiger partial charge on any atom is 0.291 e. The second kappa shape index (κ2) is 5.08. The number of piperidine rings is 1. The van der Waals surface area contributed by atoms with Gasteiger partial charge in [-0.1, -0.05) is 19.8 Å². The number of carbonyl (C=O) groups excluding carboxylic acids is 2. The van der Waals surface area contributed by atoms with Crippen LogP contribution < -0.4 is 0 Å². The van der Waals surface area contributed by atoms with Gasteiger partial charge in [-0.05, 0) is 19.3 Å². The van der Waals surface area contributed by atoms with Gasteiger partial charge in [0.2, 0.25) is 11.7 Å². The van der Waals surface area contributed by atoms with Crippen LogP contribution in [0.5, 0.6) is 0 Å². The standard InChI is InChI=1S/C17H23N3O3/c1-11(21)19-9-12-7-17(2)14(19)5-3-4-6-15(17)20(12)16(22)13-8-18-10-23-13/h8,10,12,14-15H,3-7,9H2,1-2H3/t12-,14+,15-,17+/m0/s1. The average molecular weight is 317 g/mol. The third kappa shape index (κ3) is 2.03. The number of nitrogens with zero attached hydrogens (tertiary/aromatic N) is 3. The Balaban J connectivity index is 1.75. The molecule has 0 spiro atoms. The molecule has 4 rings (SSSR count). The molecule has 1 saturated carbocycles. The molecule has 0 N–H and O–H groups in total. The van der Waals surface area contributed by atoms with Crippen molar-refractivity contribution in [2.45, 2.75) is 64.1 Å². The lowest BCUT2D eigenvalue weighted by molar-refractivity contribution is -0.136. The van der Waals surface area contributed by atoms with E-state index in [0.717, 1.165) is 32.1 Å². The van der Waals surface area contributed by atoms with Crippen LogP contribution in [-0.2, 0) is 4.79 Å². The van der Waals surface area contributed by atoms with E-state index in [-0.39, 0.29) is 35.4 Å². The van der Waals surface area contributed by atoms with Crippen LogP contribution in [0.25, 0.3) is 0 Å². The summed E-state index contributed by atoms with van der Waals surface area (Å²) in [6.07, 6.45) is 8.05. The SMILES string of the molecule is CC(=O)N1C[C@@H]2C[C@@]3(C)[C@H](CCCC[C@@H]13)N2C(=O)c1cnco1. The third-order valence-corrected chi connectivity index (χ3v) is 6.20. The molecular formula is C17H23N3O3. The number of carbonyl (C=O) groups is 2. The summed E-state index contributed by atoms with van der Waals surface area (Å²) in [4.78, 5) is 33.0. The highest BCUT2D eigenvalue weighted by atomic mass is 16.3. The maximum absolute atomic E-state index is 13.0. The van der Waals surface area contributed by atoms with Gasteiger partial charge in [-0.25, -0.2) is 4.98 Å². The van der Waals surface area contributed by atoms with Crippen molar-refractivity contribution >= 4 is 11.8 Å². The minimum Gasteiger partial charge on any atom is -0.438 e. The van der Waals surface area contributed by atoms with Crippen LogP contribution in [0.3, 0.4) is 0 Å². The largest absolute Gasteiger partial charge is 0.438 e. The molecule has 1 aromatic rings. The summed E-state index contributed by atoms with van der Waals surface area (Å²) in [6, 6.07) is 0.513. The highest BCUT2D eigenvalue weighted by molar-refractivity contribution is 5.92. The first-order chi connectivity index (χ1) is 11.0. The summed E-state index contributed by atoms with van der Waals surface area (Å²) in [7, 11) is 0. The summed E-state index contributed by atoms with van der Waals surface area (Å²) in [6.45, 7) is 4.56. The number of fused-ring (bicyclic) bond motifs is 1. The average Bonchev–Trinajstić information content (AvgIpc) is 3.08. The van der Waals surface area contributed by atoms with E-state index in [1.807, 2.05) is 9.80 Å². The Kier molecular flexibility index (Phi) is 3.25. The van der Waals surface area contributed by atoms with Crippen molar-refractivity contribution in [3.8, 4) is 0 Å². The zero-order chi connectivity index (χ0) is 16.2. The van der Waals surface area contributed by atoms with E-state index in [1.54, 1.807) is 6.92 Å². The fraction of sp³-hybridized carbons (Fsp3) is 0.706. The zero-order valence-corrected chi connectivity index (χ0v) is 13.7. The van der Waals surface area contributed by atoms with Gasteiger partial charge in [-0.3, -0.25) is 9.59 Å². The molecule has 23 heavy (non-hydrogen) atoms. The van der Waals surface area contributed by atoms with Crippen molar-refractivity contribution in [1.82, 2.24) is 14.8 Å².